The average Bonchev–Trinajstić information content (AvgIpc) is 2.50. The smallest absolute Gasteiger partial charge is 0.260 e. The molecule has 1 heterocycles. The highest BCUT2D eigenvalue weighted by Crippen LogP contribution is 2.47. The van der Waals surface area contributed by atoms with Gasteiger partial charge in [-0.05, 0) is 24.3 Å². The van der Waals surface area contributed by atoms with Crippen LogP contribution < -0.4 is 9.81 Å². The molecular weight excluding hydrogens is 272 g/mol. The molecule has 6 heteroatoms. The summed E-state index contributed by atoms with van der Waals surface area (Å²) in [4.78, 5) is 19.0. The van der Waals surface area contributed by atoms with Crippen molar-refractivity contribution in [1.29, 1.82) is 5.53 Å². The molecule has 0 spiro atoms. The van der Waals surface area contributed by atoms with E-state index < -0.39 is 0 Å². The van der Waals surface area contributed by atoms with Crippen LogP contribution in [-0.4, -0.2) is 12.5 Å². The Balaban J connectivity index is 2.12. The molecule has 20 heavy (non-hydrogen) atoms. The van der Waals surface area contributed by atoms with Gasteiger partial charge in [0.1, 0.15) is 10.6 Å². The zero-order valence-electron chi connectivity index (χ0n) is 10.5. The van der Waals surface area contributed by atoms with Gasteiger partial charge < -0.3 is 0 Å². The van der Waals surface area contributed by atoms with Crippen LogP contribution in [0.5, 0.6) is 0 Å². The molecule has 1 amide bonds. The summed E-state index contributed by atoms with van der Waals surface area (Å²) in [6, 6.07) is 15.5. The first kappa shape index (κ1) is 12.6. The first-order valence-electron chi connectivity index (χ1n) is 6.03. The molecule has 0 unspecified atom stereocenters. The summed E-state index contributed by atoms with van der Waals surface area (Å²) < 4.78 is 0. The predicted molar refractivity (Wildman–Crippen MR) is 76.3 cm³/mol. The maximum absolute atomic E-state index is 12.4. The van der Waals surface area contributed by atoms with E-state index in [0.29, 0.717) is 0 Å². The van der Waals surface area contributed by atoms with Crippen LogP contribution in [0.1, 0.15) is 0 Å². The lowest BCUT2D eigenvalue weighted by atomic mass is 10.2. The molecule has 0 aromatic heterocycles. The molecule has 0 radical (unpaired) electrons. The van der Waals surface area contributed by atoms with Gasteiger partial charge in [-0.2, -0.15) is 0 Å². The maximum atomic E-state index is 12.4. The number of hydrogen-bond acceptors (Lipinski definition) is 4. The van der Waals surface area contributed by atoms with E-state index >= 15 is 0 Å². The second kappa shape index (κ2) is 5.28. The molecule has 3 rings (SSSR count). The molecule has 5 nitrogen and oxygen atoms in total. The number of para-hydroxylation sites is 2. The van der Waals surface area contributed by atoms with Crippen LogP contribution >= 0.6 is 11.8 Å². The predicted octanol–water partition coefficient (Wildman–Crippen LogP) is 3.37. The molecule has 2 aromatic carbocycles. The van der Waals surface area contributed by atoms with Gasteiger partial charge in [0.15, 0.2) is 0 Å². The quantitative estimate of drug-likeness (QED) is 0.678. The lowest BCUT2D eigenvalue weighted by Gasteiger charge is -2.30. The third-order valence-electron chi connectivity index (χ3n) is 2.96. The molecule has 1 aliphatic heterocycles. The zero-order chi connectivity index (χ0) is 13.9. The number of anilines is 2. The van der Waals surface area contributed by atoms with Gasteiger partial charge in [0.05, 0.1) is 11.4 Å². The normalized spacial score (nSPS) is 12.1. The zero-order valence-corrected chi connectivity index (χ0v) is 11.3. The van der Waals surface area contributed by atoms with E-state index in [4.69, 9.17) is 5.53 Å². The highest BCUT2D eigenvalue weighted by Gasteiger charge is 2.28. The minimum Gasteiger partial charge on any atom is -0.277 e. The molecule has 0 atom stereocenters. The number of fused-ring (bicyclic) bond motifs is 2. The van der Waals surface area contributed by atoms with E-state index in [1.165, 1.54) is 0 Å². The average molecular weight is 283 g/mol. The molecule has 1 N–H and O–H groups in total. The molecule has 0 saturated heterocycles. The summed E-state index contributed by atoms with van der Waals surface area (Å²) in [7, 11) is 0. The lowest BCUT2D eigenvalue weighted by Crippen LogP contribution is -2.30. The number of rotatable bonds is 2. The number of hydrogen-bond donors (Lipinski definition) is 1. The number of benzene rings is 2. The Kier molecular flexibility index (Phi) is 3.33. The third kappa shape index (κ3) is 2.11. The van der Waals surface area contributed by atoms with Crippen molar-refractivity contribution in [2.45, 2.75) is 9.79 Å². The van der Waals surface area contributed by atoms with E-state index in [9.17, 15) is 4.79 Å². The number of nitrogens with zero attached hydrogens (tertiary/aromatic N) is 3. The minimum atomic E-state index is -0.193. The van der Waals surface area contributed by atoms with Gasteiger partial charge >= 0.3 is 0 Å². The van der Waals surface area contributed by atoms with Crippen molar-refractivity contribution in [2.75, 3.05) is 11.4 Å². The Morgan fingerprint density at radius 1 is 1.10 bits per heavy atom. The third-order valence-corrected chi connectivity index (χ3v) is 4.09. The first-order chi connectivity index (χ1) is 9.81. The number of amides is 1. The molecule has 0 bridgehead atoms. The summed E-state index contributed by atoms with van der Waals surface area (Å²) in [6.07, 6.45) is 0. The monoisotopic (exact) mass is 283 g/mol. The van der Waals surface area contributed by atoms with Gasteiger partial charge in [0, 0.05) is 9.79 Å². The fourth-order valence-electron chi connectivity index (χ4n) is 2.14. The highest BCUT2D eigenvalue weighted by molar-refractivity contribution is 7.99. The Labute approximate surface area is 119 Å². The molecule has 0 aliphatic carbocycles. The van der Waals surface area contributed by atoms with Crippen LogP contribution in [0.25, 0.3) is 0 Å². The second-order valence-electron chi connectivity index (χ2n) is 4.17. The number of nitrogens with one attached hydrogen (secondary N) is 1. The fourth-order valence-corrected chi connectivity index (χ4v) is 3.20. The van der Waals surface area contributed by atoms with Crippen LogP contribution in [0.2, 0.25) is 0 Å². The van der Waals surface area contributed by atoms with Crippen LogP contribution in [0.3, 0.4) is 0 Å². The van der Waals surface area contributed by atoms with Crippen molar-refractivity contribution in [3.05, 3.63) is 48.5 Å². The second-order valence-corrected chi connectivity index (χ2v) is 5.25. The van der Waals surface area contributed by atoms with Crippen molar-refractivity contribution in [2.24, 2.45) is 5.11 Å². The molecule has 2 aromatic rings. The van der Waals surface area contributed by atoms with Crippen molar-refractivity contribution in [3.8, 4) is 0 Å². The van der Waals surface area contributed by atoms with Crippen LogP contribution in [0.15, 0.2) is 63.4 Å². The summed E-state index contributed by atoms with van der Waals surface area (Å²) in [6.45, 7) is -0.128. The van der Waals surface area contributed by atoms with Gasteiger partial charge in [-0.3, -0.25) is 9.69 Å². The summed E-state index contributed by atoms with van der Waals surface area (Å²) in [5.74, 6) is -0.193. The first-order valence-corrected chi connectivity index (χ1v) is 6.85. The van der Waals surface area contributed by atoms with E-state index in [1.807, 2.05) is 48.5 Å². The Hall–Kier alpha value is -2.43. The topological polar surface area (TPSA) is 70.6 Å². The summed E-state index contributed by atoms with van der Waals surface area (Å²) in [5.41, 5.74) is 8.38. The van der Waals surface area contributed by atoms with Crippen molar-refractivity contribution in [3.63, 3.8) is 0 Å². The maximum Gasteiger partial charge on any atom is 0.260 e. The summed E-state index contributed by atoms with van der Waals surface area (Å²) >= 11 is 1.64. The Morgan fingerprint density at radius 2 is 1.65 bits per heavy atom. The highest BCUT2D eigenvalue weighted by atomic mass is 32.2. The standard InChI is InChI=1S/C14H11N4OS/c15-17-16-9-14(19)18-10-5-1-3-7-12(10)20-13-8-4-2-6-11(13)18/h1-8,15H,9H2/q+1. The number of carbonyl (C=O) groups excluding carboxylic acids is 1. The van der Waals surface area contributed by atoms with Crippen molar-refractivity contribution in [1.82, 2.24) is 4.91 Å². The number of carbonyl (C=O) groups is 1. The van der Waals surface area contributed by atoms with E-state index in [-0.39, 0.29) is 12.5 Å². The van der Waals surface area contributed by atoms with Gasteiger partial charge in [-0.25, -0.2) is 0 Å². The van der Waals surface area contributed by atoms with Crippen LogP contribution in [-0.2, 0) is 4.79 Å². The van der Waals surface area contributed by atoms with Crippen molar-refractivity contribution < 1.29 is 4.79 Å². The molecule has 98 valence electrons. The van der Waals surface area contributed by atoms with E-state index in [2.05, 4.69) is 10.0 Å². The van der Waals surface area contributed by atoms with Gasteiger partial charge in [-0.15, -0.1) is 0 Å². The Bertz CT molecular complexity index is 679. The van der Waals surface area contributed by atoms with E-state index in [0.717, 1.165) is 21.2 Å². The van der Waals surface area contributed by atoms with Gasteiger partial charge in [0.2, 0.25) is 11.5 Å². The molecule has 0 fully saturated rings. The SMILES string of the molecule is N=[N+]=NCC(=O)N1c2ccccc2Sc2ccccc21. The minimum absolute atomic E-state index is 0.128. The molecule has 1 aliphatic rings. The molecule has 0 saturated carbocycles. The van der Waals surface area contributed by atoms with Crippen molar-refractivity contribution >= 4 is 29.0 Å². The van der Waals surface area contributed by atoms with Gasteiger partial charge in [0.25, 0.3) is 5.91 Å². The van der Waals surface area contributed by atoms with Gasteiger partial charge in [-0.1, -0.05) is 36.0 Å². The Morgan fingerprint density at radius 3 is 2.20 bits per heavy atom. The largest absolute Gasteiger partial charge is 0.277 e. The summed E-state index contributed by atoms with van der Waals surface area (Å²) in [5, 5.41) is 3.49. The fraction of sp³-hybridized carbons (Fsp3) is 0.0714. The van der Waals surface area contributed by atoms with Crippen LogP contribution in [0, 0.1) is 5.53 Å². The van der Waals surface area contributed by atoms with Crippen LogP contribution in [0.4, 0.5) is 11.4 Å². The lowest BCUT2D eigenvalue weighted by molar-refractivity contribution is -0.116. The van der Waals surface area contributed by atoms with E-state index in [1.54, 1.807) is 16.7 Å². The molecular formula is C14H11N4OS+.